The molecule has 2 N–H and O–H groups in total. The van der Waals surface area contributed by atoms with E-state index in [1.54, 1.807) is 11.3 Å². The van der Waals surface area contributed by atoms with Crippen molar-refractivity contribution in [1.29, 1.82) is 0 Å². The molecule has 0 spiro atoms. The SMILES string of the molecule is CCC(N)C(Oc1ccc(C)c(C)c1)c1sccc1C. The van der Waals surface area contributed by atoms with Crippen molar-refractivity contribution in [1.82, 2.24) is 0 Å². The highest BCUT2D eigenvalue weighted by molar-refractivity contribution is 7.10. The van der Waals surface area contributed by atoms with Gasteiger partial charge in [-0.3, -0.25) is 0 Å². The van der Waals surface area contributed by atoms with Gasteiger partial charge in [-0.15, -0.1) is 11.3 Å². The second kappa shape index (κ2) is 6.42. The van der Waals surface area contributed by atoms with E-state index in [1.807, 2.05) is 6.07 Å². The third-order valence-electron chi connectivity index (χ3n) is 3.76. The van der Waals surface area contributed by atoms with Crippen molar-refractivity contribution in [3.05, 3.63) is 51.2 Å². The topological polar surface area (TPSA) is 35.2 Å². The predicted molar refractivity (Wildman–Crippen MR) is 86.6 cm³/mol. The van der Waals surface area contributed by atoms with Crippen molar-refractivity contribution in [3.63, 3.8) is 0 Å². The highest BCUT2D eigenvalue weighted by Crippen LogP contribution is 2.32. The molecule has 3 heteroatoms. The van der Waals surface area contributed by atoms with Crippen LogP contribution in [-0.2, 0) is 0 Å². The van der Waals surface area contributed by atoms with Crippen LogP contribution in [0.2, 0.25) is 0 Å². The molecule has 0 saturated heterocycles. The lowest BCUT2D eigenvalue weighted by atomic mass is 10.0. The van der Waals surface area contributed by atoms with Gasteiger partial charge < -0.3 is 10.5 Å². The predicted octanol–water partition coefficient (Wildman–Crippen LogP) is 4.53. The van der Waals surface area contributed by atoms with Gasteiger partial charge in [-0.1, -0.05) is 13.0 Å². The average Bonchev–Trinajstić information content (AvgIpc) is 2.85. The lowest BCUT2D eigenvalue weighted by Gasteiger charge is -2.24. The number of rotatable bonds is 5. The van der Waals surface area contributed by atoms with Crippen LogP contribution in [0.4, 0.5) is 0 Å². The molecule has 2 aromatic rings. The second-order valence-electron chi connectivity index (χ2n) is 5.32. The summed E-state index contributed by atoms with van der Waals surface area (Å²) in [7, 11) is 0. The minimum Gasteiger partial charge on any atom is -0.483 e. The molecule has 20 heavy (non-hydrogen) atoms. The van der Waals surface area contributed by atoms with Crippen molar-refractivity contribution in [3.8, 4) is 5.75 Å². The van der Waals surface area contributed by atoms with E-state index in [2.05, 4.69) is 51.3 Å². The van der Waals surface area contributed by atoms with Crippen LogP contribution in [0.3, 0.4) is 0 Å². The highest BCUT2D eigenvalue weighted by Gasteiger charge is 2.23. The molecule has 1 aromatic heterocycles. The van der Waals surface area contributed by atoms with Gasteiger partial charge in [0.15, 0.2) is 0 Å². The van der Waals surface area contributed by atoms with E-state index in [9.17, 15) is 0 Å². The van der Waals surface area contributed by atoms with Crippen molar-refractivity contribution < 1.29 is 4.74 Å². The van der Waals surface area contributed by atoms with Crippen LogP contribution in [0.15, 0.2) is 29.6 Å². The fourth-order valence-corrected chi connectivity index (χ4v) is 3.19. The van der Waals surface area contributed by atoms with E-state index in [0.717, 1.165) is 12.2 Å². The molecule has 0 fully saturated rings. The Morgan fingerprint density at radius 3 is 2.40 bits per heavy atom. The van der Waals surface area contributed by atoms with Crippen LogP contribution in [0.5, 0.6) is 5.75 Å². The molecule has 0 saturated carbocycles. The van der Waals surface area contributed by atoms with Gasteiger partial charge in [0.25, 0.3) is 0 Å². The molecular formula is C17H23NOS. The quantitative estimate of drug-likeness (QED) is 0.877. The Morgan fingerprint density at radius 2 is 1.85 bits per heavy atom. The number of ether oxygens (including phenoxy) is 1. The normalized spacial score (nSPS) is 14.1. The number of hydrogen-bond acceptors (Lipinski definition) is 3. The molecule has 0 aliphatic rings. The van der Waals surface area contributed by atoms with Gasteiger partial charge >= 0.3 is 0 Å². The summed E-state index contributed by atoms with van der Waals surface area (Å²) in [4.78, 5) is 1.23. The van der Waals surface area contributed by atoms with Crippen molar-refractivity contribution in [2.45, 2.75) is 46.3 Å². The maximum atomic E-state index is 6.27. The van der Waals surface area contributed by atoms with E-state index in [-0.39, 0.29) is 12.1 Å². The summed E-state index contributed by atoms with van der Waals surface area (Å²) in [6.45, 7) is 8.43. The molecular weight excluding hydrogens is 266 g/mol. The molecule has 1 aromatic carbocycles. The Balaban J connectivity index is 2.28. The Morgan fingerprint density at radius 1 is 1.10 bits per heavy atom. The van der Waals surface area contributed by atoms with E-state index in [4.69, 9.17) is 10.5 Å². The first-order chi connectivity index (χ1) is 9.52. The smallest absolute Gasteiger partial charge is 0.148 e. The summed E-state index contributed by atoms with van der Waals surface area (Å²) in [5, 5.41) is 2.10. The van der Waals surface area contributed by atoms with Gasteiger partial charge in [0.05, 0.1) is 0 Å². The van der Waals surface area contributed by atoms with E-state index in [0.29, 0.717) is 0 Å². The van der Waals surface area contributed by atoms with Crippen molar-refractivity contribution in [2.24, 2.45) is 5.73 Å². The molecule has 1 heterocycles. The van der Waals surface area contributed by atoms with Gasteiger partial charge in [-0.25, -0.2) is 0 Å². The number of benzene rings is 1. The summed E-state index contributed by atoms with van der Waals surface area (Å²) in [6, 6.07) is 8.35. The Bertz CT molecular complexity index is 576. The maximum absolute atomic E-state index is 6.27. The number of nitrogens with two attached hydrogens (primary N) is 1. The minimum absolute atomic E-state index is 0.00830. The summed E-state index contributed by atoms with van der Waals surface area (Å²) < 4.78 is 6.21. The molecule has 2 rings (SSSR count). The molecule has 0 amide bonds. The monoisotopic (exact) mass is 289 g/mol. The zero-order chi connectivity index (χ0) is 14.7. The first-order valence-corrected chi connectivity index (χ1v) is 7.94. The first kappa shape index (κ1) is 15.1. The zero-order valence-corrected chi connectivity index (χ0v) is 13.5. The van der Waals surface area contributed by atoms with Gasteiger partial charge in [0, 0.05) is 10.9 Å². The molecule has 2 nitrogen and oxygen atoms in total. The largest absolute Gasteiger partial charge is 0.483 e. The Labute approximate surface area is 125 Å². The fraction of sp³-hybridized carbons (Fsp3) is 0.412. The van der Waals surface area contributed by atoms with E-state index in [1.165, 1.54) is 21.6 Å². The van der Waals surface area contributed by atoms with Crippen LogP contribution < -0.4 is 10.5 Å². The number of hydrogen-bond donors (Lipinski definition) is 1. The van der Waals surface area contributed by atoms with Crippen LogP contribution in [0.25, 0.3) is 0 Å². The number of thiophene rings is 1. The summed E-state index contributed by atoms with van der Waals surface area (Å²) in [5.74, 6) is 0.898. The van der Waals surface area contributed by atoms with Crippen molar-refractivity contribution in [2.75, 3.05) is 0 Å². The first-order valence-electron chi connectivity index (χ1n) is 7.06. The third-order valence-corrected chi connectivity index (χ3v) is 4.84. The van der Waals surface area contributed by atoms with E-state index < -0.39 is 0 Å². The Kier molecular flexibility index (Phi) is 4.84. The van der Waals surface area contributed by atoms with Crippen LogP contribution in [0, 0.1) is 20.8 Å². The van der Waals surface area contributed by atoms with Crippen LogP contribution in [-0.4, -0.2) is 6.04 Å². The second-order valence-corrected chi connectivity index (χ2v) is 6.27. The lowest BCUT2D eigenvalue weighted by Crippen LogP contribution is -2.31. The molecule has 0 aliphatic heterocycles. The van der Waals surface area contributed by atoms with Gasteiger partial charge in [-0.2, -0.15) is 0 Å². The standard InChI is InChI=1S/C17H23NOS/c1-5-15(18)16(17-12(3)8-9-20-17)19-14-7-6-11(2)13(4)10-14/h6-10,15-16H,5,18H2,1-4H3. The van der Waals surface area contributed by atoms with E-state index >= 15 is 0 Å². The fourth-order valence-electron chi connectivity index (χ4n) is 2.16. The molecule has 108 valence electrons. The van der Waals surface area contributed by atoms with Gasteiger partial charge in [0.2, 0.25) is 0 Å². The summed E-state index contributed by atoms with van der Waals surface area (Å²) in [5.41, 5.74) is 10.1. The molecule has 2 unspecified atom stereocenters. The van der Waals surface area contributed by atoms with Gasteiger partial charge in [-0.05, 0) is 67.5 Å². The maximum Gasteiger partial charge on any atom is 0.148 e. The number of aryl methyl sites for hydroxylation is 3. The zero-order valence-electron chi connectivity index (χ0n) is 12.6. The molecule has 0 radical (unpaired) electrons. The third kappa shape index (κ3) is 3.22. The lowest BCUT2D eigenvalue weighted by molar-refractivity contribution is 0.174. The van der Waals surface area contributed by atoms with Crippen molar-refractivity contribution >= 4 is 11.3 Å². The average molecular weight is 289 g/mol. The minimum atomic E-state index is -0.0675. The summed E-state index contributed by atoms with van der Waals surface area (Å²) >= 11 is 1.72. The molecule has 0 bridgehead atoms. The van der Waals surface area contributed by atoms with Gasteiger partial charge in [0.1, 0.15) is 11.9 Å². The highest BCUT2D eigenvalue weighted by atomic mass is 32.1. The molecule has 0 aliphatic carbocycles. The van der Waals surface area contributed by atoms with Crippen LogP contribution in [0.1, 0.15) is 41.0 Å². The summed E-state index contributed by atoms with van der Waals surface area (Å²) in [6.07, 6.45) is 0.828. The van der Waals surface area contributed by atoms with Crippen LogP contribution >= 0.6 is 11.3 Å². The Hall–Kier alpha value is -1.32. The molecule has 2 atom stereocenters.